The molecule has 10 aromatic rings. The van der Waals surface area contributed by atoms with E-state index in [1.54, 1.807) is 0 Å². The van der Waals surface area contributed by atoms with E-state index in [1.165, 1.54) is 66.1 Å². The number of aromatic hydroxyl groups is 2. The monoisotopic (exact) mass is 1370 g/mol. The molecule has 0 saturated heterocycles. The zero-order valence-corrected chi connectivity index (χ0v) is 68.1. The standard InChI is InChI=1S/C96H126N2O4/c1-87(2,3)57-95(25,26)67-51-75(85(99)81(53-67)97-77-39-33-61(89(7,8)9)45-69(77)70-46-62(90(10,11)12)34-40-78(70)97)73-49-65(93(19,20)21)37-43-83(73)101-55-59-31-29-30-32-60(59)56-102-84-44-38-66(94(22,23)24)50-74(84)76-52-68(96(27,28)58-88(4,5)6)54-82(86(76)100)98-79-41-35-63(91(13,14)15)47-71(79)72-48-64(92(16,17)18)36-42-80(72)98/h33-54,59-60,99-100H,29-32,55-58H2,1-28H3. The zero-order chi connectivity index (χ0) is 74.9. The molecule has 1 aliphatic carbocycles. The summed E-state index contributed by atoms with van der Waals surface area (Å²) in [5, 5.41) is 31.9. The lowest BCUT2D eigenvalue weighted by molar-refractivity contribution is 0.105. The first-order chi connectivity index (χ1) is 46.9. The van der Waals surface area contributed by atoms with E-state index in [2.05, 4.69) is 336 Å². The van der Waals surface area contributed by atoms with E-state index in [4.69, 9.17) is 9.47 Å². The summed E-state index contributed by atoms with van der Waals surface area (Å²) in [4.78, 5) is 0. The van der Waals surface area contributed by atoms with Crippen LogP contribution in [0, 0.1) is 22.7 Å². The predicted molar refractivity (Wildman–Crippen MR) is 439 cm³/mol. The van der Waals surface area contributed by atoms with E-state index in [9.17, 15) is 10.2 Å². The Morgan fingerprint density at radius 3 is 0.804 bits per heavy atom. The average Bonchev–Trinajstić information content (AvgIpc) is 1.54. The molecule has 2 unspecified atom stereocenters. The van der Waals surface area contributed by atoms with Gasteiger partial charge in [0.15, 0.2) is 0 Å². The minimum atomic E-state index is -0.273. The molecular weight excluding hydrogens is 1250 g/mol. The van der Waals surface area contributed by atoms with Crippen LogP contribution < -0.4 is 9.47 Å². The van der Waals surface area contributed by atoms with E-state index in [0.29, 0.717) is 13.2 Å². The lowest BCUT2D eigenvalue weighted by Crippen LogP contribution is -2.30. The van der Waals surface area contributed by atoms with Crippen molar-refractivity contribution >= 4 is 43.6 Å². The number of nitrogens with zero attached hydrogens (tertiary/aromatic N) is 2. The Bertz CT molecular complexity index is 4360. The molecule has 1 saturated carbocycles. The number of phenols is 2. The maximum Gasteiger partial charge on any atom is 0.147 e. The molecule has 0 radical (unpaired) electrons. The summed E-state index contributed by atoms with van der Waals surface area (Å²) in [6.07, 6.45) is 6.11. The van der Waals surface area contributed by atoms with Crippen LogP contribution >= 0.6 is 0 Å². The summed E-state index contributed by atoms with van der Waals surface area (Å²) in [6.45, 7) is 65.6. The van der Waals surface area contributed by atoms with Gasteiger partial charge in [0.2, 0.25) is 0 Å². The van der Waals surface area contributed by atoms with Gasteiger partial charge in [0.05, 0.1) is 46.7 Å². The largest absolute Gasteiger partial charge is 0.505 e. The Morgan fingerprint density at radius 2 is 0.549 bits per heavy atom. The summed E-state index contributed by atoms with van der Waals surface area (Å²) in [6, 6.07) is 50.3. The van der Waals surface area contributed by atoms with Crippen LogP contribution in [0.25, 0.3) is 77.2 Å². The highest BCUT2D eigenvalue weighted by atomic mass is 16.5. The number of fused-ring (bicyclic) bond motifs is 6. The Balaban J connectivity index is 1.02. The molecule has 0 aliphatic heterocycles. The van der Waals surface area contributed by atoms with Gasteiger partial charge in [0, 0.05) is 43.8 Å². The maximum absolute atomic E-state index is 13.6. The summed E-state index contributed by atoms with van der Waals surface area (Å²) in [7, 11) is 0. The third-order valence-corrected chi connectivity index (χ3v) is 22.4. The molecule has 1 fully saturated rings. The molecule has 6 heteroatoms. The predicted octanol–water partition coefficient (Wildman–Crippen LogP) is 27.1. The van der Waals surface area contributed by atoms with Gasteiger partial charge in [0.25, 0.3) is 0 Å². The van der Waals surface area contributed by atoms with Crippen molar-refractivity contribution < 1.29 is 19.7 Å². The lowest BCUT2D eigenvalue weighted by Gasteiger charge is -2.34. The van der Waals surface area contributed by atoms with Crippen molar-refractivity contribution in [2.24, 2.45) is 22.7 Å². The fourth-order valence-electron chi connectivity index (χ4n) is 16.8. The Kier molecular flexibility index (Phi) is 19.5. The number of ether oxygens (including phenoxy) is 2. The van der Waals surface area contributed by atoms with E-state index in [1.807, 2.05) is 0 Å². The third kappa shape index (κ3) is 15.5. The van der Waals surface area contributed by atoms with Crippen molar-refractivity contribution in [1.82, 2.24) is 9.13 Å². The highest BCUT2D eigenvalue weighted by molar-refractivity contribution is 6.11. The molecular formula is C96H126N2O4. The van der Waals surface area contributed by atoms with Crippen molar-refractivity contribution in [3.63, 3.8) is 0 Å². The van der Waals surface area contributed by atoms with Gasteiger partial charge in [-0.05, 0) is 233 Å². The van der Waals surface area contributed by atoms with Crippen LogP contribution in [0.4, 0.5) is 0 Å². The molecule has 2 heterocycles. The quantitative estimate of drug-likeness (QED) is 0.114. The van der Waals surface area contributed by atoms with E-state index in [0.717, 1.165) is 106 Å². The first kappa shape index (κ1) is 75.7. The molecule has 1 aliphatic rings. The summed E-state index contributed by atoms with van der Waals surface area (Å²) in [5.41, 5.74) is 17.8. The summed E-state index contributed by atoms with van der Waals surface area (Å²) < 4.78 is 19.5. The van der Waals surface area contributed by atoms with Gasteiger partial charge in [-0.25, -0.2) is 0 Å². The molecule has 102 heavy (non-hydrogen) atoms. The fraction of sp³-hybridized carbons (Fsp3) is 0.500. The summed E-state index contributed by atoms with van der Waals surface area (Å²) in [5.74, 6) is 2.38. The van der Waals surface area contributed by atoms with E-state index in [-0.39, 0.29) is 77.5 Å². The molecule has 0 spiro atoms. The number of rotatable bonds is 14. The van der Waals surface area contributed by atoms with Crippen LogP contribution in [0.5, 0.6) is 23.0 Å². The lowest BCUT2D eigenvalue weighted by atomic mass is 9.71. The fourth-order valence-corrected chi connectivity index (χ4v) is 16.8. The van der Waals surface area contributed by atoms with Gasteiger partial charge in [-0.2, -0.15) is 0 Å². The normalized spacial score (nSPS) is 15.9. The van der Waals surface area contributed by atoms with Crippen molar-refractivity contribution in [2.75, 3.05) is 13.2 Å². The van der Waals surface area contributed by atoms with E-state index < -0.39 is 0 Å². The van der Waals surface area contributed by atoms with Crippen molar-refractivity contribution in [2.45, 2.75) is 276 Å². The van der Waals surface area contributed by atoms with Gasteiger partial charge >= 0.3 is 0 Å². The second-order valence-electron chi connectivity index (χ2n) is 41.0. The minimum absolute atomic E-state index is 0.0295. The van der Waals surface area contributed by atoms with E-state index >= 15 is 0 Å². The average molecular weight is 1370 g/mol. The van der Waals surface area contributed by atoms with Crippen LogP contribution in [0.15, 0.2) is 133 Å². The number of phenolic OH excluding ortho intramolecular Hbond substituents is 2. The Hall–Kier alpha value is -7.44. The highest BCUT2D eigenvalue weighted by Crippen LogP contribution is 2.52. The second-order valence-corrected chi connectivity index (χ2v) is 41.0. The first-order valence-corrected chi connectivity index (χ1v) is 38.4. The van der Waals surface area contributed by atoms with Gasteiger partial charge < -0.3 is 28.8 Å². The molecule has 544 valence electrons. The molecule has 2 N–H and O–H groups in total. The molecule has 0 bridgehead atoms. The van der Waals surface area contributed by atoms with Crippen LogP contribution in [0.3, 0.4) is 0 Å². The molecule has 2 aromatic heterocycles. The SMILES string of the molecule is CC(C)(C)CC(C)(C)c1cc(-c2cc(C(C)(C)C)ccc2OCC2CCCCC2COc2ccc(C(C)(C)C)cc2-c2cc(C(C)(C)CC(C)(C)C)cc(-n3c4ccc(C(C)(C)C)cc4c4cc(C(C)(C)C)ccc43)c2O)c(O)c(-n2c3ccc(C(C)(C)C)cc3c3cc(C(C)(C)C)ccc32)c1. The first-order valence-electron chi connectivity index (χ1n) is 38.4. The molecule has 11 rings (SSSR count). The van der Waals surface area contributed by atoms with Crippen LogP contribution in [-0.2, 0) is 43.3 Å². The number of aromatic nitrogens is 2. The number of hydrogen-bond donors (Lipinski definition) is 2. The Morgan fingerprint density at radius 1 is 0.304 bits per heavy atom. The smallest absolute Gasteiger partial charge is 0.147 e. The van der Waals surface area contributed by atoms with Crippen molar-refractivity contribution in [3.05, 3.63) is 178 Å². The molecule has 0 amide bonds. The molecule has 2 atom stereocenters. The van der Waals surface area contributed by atoms with Crippen LogP contribution in [0.2, 0.25) is 0 Å². The zero-order valence-electron chi connectivity index (χ0n) is 68.1. The highest BCUT2D eigenvalue weighted by Gasteiger charge is 2.36. The molecule has 8 aromatic carbocycles. The third-order valence-electron chi connectivity index (χ3n) is 22.4. The second kappa shape index (κ2) is 26.3. The Labute approximate surface area is 615 Å². The molecule has 6 nitrogen and oxygen atoms in total. The van der Waals surface area contributed by atoms with Gasteiger partial charge in [-0.15, -0.1) is 0 Å². The number of benzene rings is 8. The topological polar surface area (TPSA) is 68.8 Å². The summed E-state index contributed by atoms with van der Waals surface area (Å²) >= 11 is 0. The van der Waals surface area contributed by atoms with Gasteiger partial charge in [-0.1, -0.05) is 243 Å². The van der Waals surface area contributed by atoms with Crippen molar-refractivity contribution in [1.29, 1.82) is 0 Å². The van der Waals surface area contributed by atoms with Crippen LogP contribution in [-0.4, -0.2) is 32.6 Å². The maximum atomic E-state index is 13.6. The van der Waals surface area contributed by atoms with Crippen LogP contribution in [0.1, 0.15) is 277 Å². The minimum Gasteiger partial charge on any atom is -0.505 e. The number of hydrogen-bond acceptors (Lipinski definition) is 4. The van der Waals surface area contributed by atoms with Gasteiger partial charge in [0.1, 0.15) is 23.0 Å². The van der Waals surface area contributed by atoms with Crippen molar-refractivity contribution in [3.8, 4) is 56.6 Å². The van der Waals surface area contributed by atoms with Gasteiger partial charge in [-0.3, -0.25) is 0 Å².